The molecule has 1 saturated heterocycles. The Kier molecular flexibility index (Phi) is 6.56. The van der Waals surface area contributed by atoms with Crippen molar-refractivity contribution in [2.45, 2.75) is 19.0 Å². The monoisotopic (exact) mass is 442 g/mol. The standard InChI is InChI=1S/C15H15BrClF3N2O3/c16-10-1-2-12(11(17)7-10)21-13(23)9-3-5-22(6-4-9)14(24)25-8-15(18,19)20/h1-2,7,9H,3-6,8H2,(H,21,23). The summed E-state index contributed by atoms with van der Waals surface area (Å²) >= 11 is 9.31. The van der Waals surface area contributed by atoms with Crippen LogP contribution in [0.1, 0.15) is 12.8 Å². The molecular formula is C15H15BrClF3N2O3. The van der Waals surface area contributed by atoms with Crippen molar-refractivity contribution in [1.82, 2.24) is 4.90 Å². The molecule has 5 nitrogen and oxygen atoms in total. The maximum atomic E-state index is 12.3. The van der Waals surface area contributed by atoms with E-state index in [0.29, 0.717) is 23.6 Å². The number of carbonyl (C=O) groups excluding carboxylic acids is 2. The summed E-state index contributed by atoms with van der Waals surface area (Å²) in [4.78, 5) is 25.0. The van der Waals surface area contributed by atoms with E-state index in [-0.39, 0.29) is 24.9 Å². The van der Waals surface area contributed by atoms with Gasteiger partial charge in [0, 0.05) is 23.5 Å². The van der Waals surface area contributed by atoms with Crippen LogP contribution in [-0.4, -0.2) is 42.8 Å². The number of hydrogen-bond donors (Lipinski definition) is 1. The van der Waals surface area contributed by atoms with Crippen LogP contribution in [0.2, 0.25) is 5.02 Å². The van der Waals surface area contributed by atoms with Crippen LogP contribution in [-0.2, 0) is 9.53 Å². The molecule has 2 rings (SSSR count). The highest BCUT2D eigenvalue weighted by Gasteiger charge is 2.33. The number of nitrogens with one attached hydrogen (secondary N) is 1. The number of amides is 2. The summed E-state index contributed by atoms with van der Waals surface area (Å²) < 4.78 is 41.1. The van der Waals surface area contributed by atoms with E-state index in [1.54, 1.807) is 18.2 Å². The normalized spacial score (nSPS) is 15.8. The molecule has 0 aliphatic carbocycles. The molecule has 1 fully saturated rings. The first-order valence-corrected chi connectivity index (χ1v) is 8.57. The van der Waals surface area contributed by atoms with Crippen LogP contribution in [0.15, 0.2) is 22.7 Å². The summed E-state index contributed by atoms with van der Waals surface area (Å²) in [5, 5.41) is 3.11. The Labute approximate surface area is 155 Å². The van der Waals surface area contributed by atoms with Gasteiger partial charge in [-0.3, -0.25) is 4.79 Å². The molecule has 0 aromatic heterocycles. The smallest absolute Gasteiger partial charge is 0.422 e. The molecular weight excluding hydrogens is 429 g/mol. The Hall–Kier alpha value is -1.48. The molecule has 0 radical (unpaired) electrons. The number of ether oxygens (including phenoxy) is 1. The summed E-state index contributed by atoms with van der Waals surface area (Å²) in [5.41, 5.74) is 0.474. The zero-order chi connectivity index (χ0) is 18.6. The van der Waals surface area contributed by atoms with E-state index in [0.717, 1.165) is 4.47 Å². The molecule has 0 atom stereocenters. The van der Waals surface area contributed by atoms with Crippen molar-refractivity contribution in [2.24, 2.45) is 5.92 Å². The number of alkyl halides is 3. The number of anilines is 1. The maximum Gasteiger partial charge on any atom is 0.422 e. The number of rotatable bonds is 3. The quantitative estimate of drug-likeness (QED) is 0.751. The average Bonchev–Trinajstić information content (AvgIpc) is 2.54. The van der Waals surface area contributed by atoms with E-state index in [2.05, 4.69) is 26.0 Å². The molecule has 138 valence electrons. The lowest BCUT2D eigenvalue weighted by atomic mass is 9.96. The third kappa shape index (κ3) is 6.07. The Balaban J connectivity index is 1.83. The molecule has 0 saturated carbocycles. The summed E-state index contributed by atoms with van der Waals surface area (Å²) in [7, 11) is 0. The molecule has 10 heteroatoms. The van der Waals surface area contributed by atoms with Gasteiger partial charge < -0.3 is 15.0 Å². The fraction of sp³-hybridized carbons (Fsp3) is 0.467. The number of piperidine rings is 1. The molecule has 1 N–H and O–H groups in total. The van der Waals surface area contributed by atoms with Gasteiger partial charge in [-0.2, -0.15) is 13.2 Å². The first-order chi connectivity index (χ1) is 11.7. The van der Waals surface area contributed by atoms with Crippen molar-refractivity contribution in [3.05, 3.63) is 27.7 Å². The van der Waals surface area contributed by atoms with Gasteiger partial charge in [-0.1, -0.05) is 27.5 Å². The van der Waals surface area contributed by atoms with Crippen LogP contribution >= 0.6 is 27.5 Å². The van der Waals surface area contributed by atoms with Crippen molar-refractivity contribution >= 4 is 45.2 Å². The lowest BCUT2D eigenvalue weighted by Crippen LogP contribution is -2.42. The van der Waals surface area contributed by atoms with Gasteiger partial charge in [0.25, 0.3) is 0 Å². The number of nitrogens with zero attached hydrogens (tertiary/aromatic N) is 1. The Morgan fingerprint density at radius 2 is 1.96 bits per heavy atom. The molecule has 1 aliphatic heterocycles. The van der Waals surface area contributed by atoms with Crippen LogP contribution in [0.3, 0.4) is 0 Å². The third-order valence-electron chi connectivity index (χ3n) is 3.67. The van der Waals surface area contributed by atoms with E-state index in [9.17, 15) is 22.8 Å². The maximum absolute atomic E-state index is 12.3. The highest BCUT2D eigenvalue weighted by molar-refractivity contribution is 9.10. The largest absolute Gasteiger partial charge is 0.440 e. The topological polar surface area (TPSA) is 58.6 Å². The predicted octanol–water partition coefficient (Wildman–Crippen LogP) is 4.45. The van der Waals surface area contributed by atoms with Crippen molar-refractivity contribution in [2.75, 3.05) is 25.0 Å². The number of carbonyl (C=O) groups is 2. The molecule has 0 unspecified atom stereocenters. The van der Waals surface area contributed by atoms with E-state index >= 15 is 0 Å². The molecule has 25 heavy (non-hydrogen) atoms. The first kappa shape index (κ1) is 19.8. The minimum absolute atomic E-state index is 0.156. The van der Waals surface area contributed by atoms with E-state index in [1.165, 1.54) is 4.90 Å². The lowest BCUT2D eigenvalue weighted by molar-refractivity contribution is -0.162. The number of benzene rings is 1. The highest BCUT2D eigenvalue weighted by Crippen LogP contribution is 2.27. The molecule has 1 aromatic carbocycles. The summed E-state index contributed by atoms with van der Waals surface area (Å²) in [5.74, 6) is -0.598. The van der Waals surface area contributed by atoms with Gasteiger partial charge in [-0.15, -0.1) is 0 Å². The van der Waals surface area contributed by atoms with Gasteiger partial charge in [0.05, 0.1) is 10.7 Å². The second-order valence-corrected chi connectivity index (χ2v) is 6.87. The molecule has 0 bridgehead atoms. The molecule has 1 aromatic rings. The SMILES string of the molecule is O=C(Nc1ccc(Br)cc1Cl)C1CCN(C(=O)OCC(F)(F)F)CC1. The van der Waals surface area contributed by atoms with Gasteiger partial charge >= 0.3 is 12.3 Å². The second kappa shape index (κ2) is 8.27. The van der Waals surface area contributed by atoms with Gasteiger partial charge in [0.15, 0.2) is 6.61 Å². The van der Waals surface area contributed by atoms with Crippen LogP contribution in [0, 0.1) is 5.92 Å². The van der Waals surface area contributed by atoms with E-state index in [4.69, 9.17) is 11.6 Å². The zero-order valence-corrected chi connectivity index (χ0v) is 15.2. The van der Waals surface area contributed by atoms with Crippen LogP contribution in [0.5, 0.6) is 0 Å². The molecule has 0 spiro atoms. The minimum Gasteiger partial charge on any atom is -0.440 e. The van der Waals surface area contributed by atoms with Gasteiger partial charge in [-0.05, 0) is 31.0 Å². The summed E-state index contributed by atoms with van der Waals surface area (Å²) in [6, 6.07) is 5.05. The van der Waals surface area contributed by atoms with Crippen LogP contribution in [0.25, 0.3) is 0 Å². The predicted molar refractivity (Wildman–Crippen MR) is 89.5 cm³/mol. The summed E-state index contributed by atoms with van der Waals surface area (Å²) in [6.07, 6.45) is -4.91. The fourth-order valence-corrected chi connectivity index (χ4v) is 3.11. The highest BCUT2D eigenvalue weighted by atomic mass is 79.9. The third-order valence-corrected chi connectivity index (χ3v) is 4.48. The minimum atomic E-state index is -4.56. The number of hydrogen-bond acceptors (Lipinski definition) is 3. The van der Waals surface area contributed by atoms with Gasteiger partial charge in [0.2, 0.25) is 5.91 Å². The molecule has 1 heterocycles. The number of halogens is 5. The Morgan fingerprint density at radius 1 is 1.32 bits per heavy atom. The van der Waals surface area contributed by atoms with Gasteiger partial charge in [0.1, 0.15) is 0 Å². The molecule has 2 amide bonds. The Morgan fingerprint density at radius 3 is 2.52 bits per heavy atom. The molecule has 1 aliphatic rings. The second-order valence-electron chi connectivity index (χ2n) is 5.54. The average molecular weight is 444 g/mol. The van der Waals surface area contributed by atoms with Crippen molar-refractivity contribution < 1.29 is 27.5 Å². The van der Waals surface area contributed by atoms with E-state index in [1.807, 2.05) is 0 Å². The van der Waals surface area contributed by atoms with Crippen LogP contribution < -0.4 is 5.32 Å². The fourth-order valence-electron chi connectivity index (χ4n) is 2.38. The Bertz CT molecular complexity index is 649. The van der Waals surface area contributed by atoms with Crippen LogP contribution in [0.4, 0.5) is 23.7 Å². The van der Waals surface area contributed by atoms with Gasteiger partial charge in [-0.25, -0.2) is 4.79 Å². The van der Waals surface area contributed by atoms with Crippen molar-refractivity contribution in [1.29, 1.82) is 0 Å². The van der Waals surface area contributed by atoms with Crippen molar-refractivity contribution in [3.8, 4) is 0 Å². The van der Waals surface area contributed by atoms with E-state index < -0.39 is 18.9 Å². The zero-order valence-electron chi connectivity index (χ0n) is 12.9. The lowest BCUT2D eigenvalue weighted by Gasteiger charge is -2.30. The number of likely N-dealkylation sites (tertiary alicyclic amines) is 1. The first-order valence-electron chi connectivity index (χ1n) is 7.40. The summed E-state index contributed by atoms with van der Waals surface area (Å²) in [6.45, 7) is -1.31. The van der Waals surface area contributed by atoms with Crippen molar-refractivity contribution in [3.63, 3.8) is 0 Å².